The highest BCUT2D eigenvalue weighted by Crippen LogP contribution is 2.44. The fraction of sp³-hybridized carbons (Fsp3) is 0.643. The SMILES string of the molecule is COc1cncc(C(N)C2(C)CCCCC2)c1. The fourth-order valence-electron chi connectivity index (χ4n) is 2.79. The molecule has 2 rings (SSSR count). The Kier molecular flexibility index (Phi) is 3.67. The number of methoxy groups -OCH3 is 1. The minimum Gasteiger partial charge on any atom is -0.495 e. The molecule has 1 aliphatic rings. The number of nitrogens with two attached hydrogens (primary N) is 1. The van der Waals surface area contributed by atoms with E-state index in [2.05, 4.69) is 11.9 Å². The predicted octanol–water partition coefficient (Wildman–Crippen LogP) is 3.06. The number of ether oxygens (including phenoxy) is 1. The van der Waals surface area contributed by atoms with Crippen LogP contribution in [0.1, 0.15) is 50.6 Å². The van der Waals surface area contributed by atoms with Crippen molar-refractivity contribution in [3.63, 3.8) is 0 Å². The van der Waals surface area contributed by atoms with Gasteiger partial charge >= 0.3 is 0 Å². The molecule has 0 saturated heterocycles. The quantitative estimate of drug-likeness (QED) is 0.874. The van der Waals surface area contributed by atoms with Crippen molar-refractivity contribution in [2.24, 2.45) is 11.1 Å². The summed E-state index contributed by atoms with van der Waals surface area (Å²) in [5, 5.41) is 0. The summed E-state index contributed by atoms with van der Waals surface area (Å²) in [6.45, 7) is 2.30. The molecule has 17 heavy (non-hydrogen) atoms. The van der Waals surface area contributed by atoms with E-state index in [1.165, 1.54) is 32.1 Å². The van der Waals surface area contributed by atoms with Crippen LogP contribution < -0.4 is 10.5 Å². The molecule has 3 nitrogen and oxygen atoms in total. The summed E-state index contributed by atoms with van der Waals surface area (Å²) < 4.78 is 5.21. The van der Waals surface area contributed by atoms with E-state index in [0.29, 0.717) is 0 Å². The maximum absolute atomic E-state index is 6.43. The smallest absolute Gasteiger partial charge is 0.137 e. The Hall–Kier alpha value is -1.09. The first-order valence-electron chi connectivity index (χ1n) is 6.40. The van der Waals surface area contributed by atoms with E-state index in [9.17, 15) is 0 Å². The van der Waals surface area contributed by atoms with Gasteiger partial charge in [-0.1, -0.05) is 26.2 Å². The van der Waals surface area contributed by atoms with Crippen molar-refractivity contribution < 1.29 is 4.74 Å². The molecule has 1 aromatic rings. The van der Waals surface area contributed by atoms with Gasteiger partial charge in [0.2, 0.25) is 0 Å². The summed E-state index contributed by atoms with van der Waals surface area (Å²) in [5.74, 6) is 0.789. The molecule has 0 amide bonds. The summed E-state index contributed by atoms with van der Waals surface area (Å²) in [5.41, 5.74) is 7.74. The van der Waals surface area contributed by atoms with Gasteiger partial charge in [0.15, 0.2) is 0 Å². The van der Waals surface area contributed by atoms with Crippen LogP contribution in [-0.2, 0) is 0 Å². The van der Waals surface area contributed by atoms with E-state index in [-0.39, 0.29) is 11.5 Å². The minimum atomic E-state index is 0.0606. The summed E-state index contributed by atoms with van der Waals surface area (Å²) in [6.07, 6.45) is 9.95. The molecule has 94 valence electrons. The Balaban J connectivity index is 2.19. The zero-order chi connectivity index (χ0) is 12.3. The molecule has 2 N–H and O–H groups in total. The third-order valence-electron chi connectivity index (χ3n) is 4.08. The number of hydrogen-bond donors (Lipinski definition) is 1. The first-order valence-corrected chi connectivity index (χ1v) is 6.40. The topological polar surface area (TPSA) is 48.1 Å². The van der Waals surface area contributed by atoms with Gasteiger partial charge in [-0.2, -0.15) is 0 Å². The van der Waals surface area contributed by atoms with Crippen LogP contribution in [0.4, 0.5) is 0 Å². The maximum Gasteiger partial charge on any atom is 0.137 e. The fourth-order valence-corrected chi connectivity index (χ4v) is 2.79. The average molecular weight is 234 g/mol. The molecule has 1 unspecified atom stereocenters. The number of aromatic nitrogens is 1. The lowest BCUT2D eigenvalue weighted by molar-refractivity contribution is 0.170. The lowest BCUT2D eigenvalue weighted by Gasteiger charge is -2.39. The third-order valence-corrected chi connectivity index (χ3v) is 4.08. The molecule has 0 aromatic carbocycles. The van der Waals surface area contributed by atoms with E-state index in [1.807, 2.05) is 12.3 Å². The van der Waals surface area contributed by atoms with Crippen molar-refractivity contribution >= 4 is 0 Å². The molecule has 1 atom stereocenters. The number of rotatable bonds is 3. The van der Waals surface area contributed by atoms with Crippen LogP contribution >= 0.6 is 0 Å². The Morgan fingerprint density at radius 3 is 2.65 bits per heavy atom. The second-order valence-corrected chi connectivity index (χ2v) is 5.35. The standard InChI is InChI=1S/C14H22N2O/c1-14(6-4-3-5-7-14)13(15)11-8-12(17-2)10-16-9-11/h8-10,13H,3-7,15H2,1-2H3. The van der Waals surface area contributed by atoms with Crippen molar-refractivity contribution in [2.45, 2.75) is 45.1 Å². The van der Waals surface area contributed by atoms with Gasteiger partial charge < -0.3 is 10.5 Å². The van der Waals surface area contributed by atoms with Gasteiger partial charge in [0.05, 0.1) is 13.3 Å². The first kappa shape index (κ1) is 12.4. The molecule has 0 spiro atoms. The van der Waals surface area contributed by atoms with Crippen LogP contribution in [0.5, 0.6) is 5.75 Å². The van der Waals surface area contributed by atoms with Gasteiger partial charge in [0, 0.05) is 12.2 Å². The second kappa shape index (κ2) is 5.05. The van der Waals surface area contributed by atoms with E-state index >= 15 is 0 Å². The van der Waals surface area contributed by atoms with Crippen LogP contribution in [0, 0.1) is 5.41 Å². The maximum atomic E-state index is 6.43. The van der Waals surface area contributed by atoms with Crippen LogP contribution in [0.15, 0.2) is 18.5 Å². The van der Waals surface area contributed by atoms with Gasteiger partial charge in [-0.15, -0.1) is 0 Å². The van der Waals surface area contributed by atoms with Crippen LogP contribution in [-0.4, -0.2) is 12.1 Å². The molecule has 1 saturated carbocycles. The summed E-state index contributed by atoms with van der Waals surface area (Å²) in [4.78, 5) is 4.20. The largest absolute Gasteiger partial charge is 0.495 e. The molecular formula is C14H22N2O. The van der Waals surface area contributed by atoms with Crippen molar-refractivity contribution in [1.82, 2.24) is 4.98 Å². The van der Waals surface area contributed by atoms with Crippen molar-refractivity contribution in [2.75, 3.05) is 7.11 Å². The molecule has 1 heterocycles. The second-order valence-electron chi connectivity index (χ2n) is 5.35. The Bertz CT molecular complexity index is 372. The molecule has 0 radical (unpaired) electrons. The van der Waals surface area contributed by atoms with Crippen LogP contribution in [0.25, 0.3) is 0 Å². The molecule has 0 bridgehead atoms. The highest BCUT2D eigenvalue weighted by atomic mass is 16.5. The Morgan fingerprint density at radius 2 is 2.00 bits per heavy atom. The van der Waals surface area contributed by atoms with E-state index < -0.39 is 0 Å². The minimum absolute atomic E-state index is 0.0606. The monoisotopic (exact) mass is 234 g/mol. The zero-order valence-electron chi connectivity index (χ0n) is 10.8. The van der Waals surface area contributed by atoms with E-state index in [0.717, 1.165) is 11.3 Å². The summed E-state index contributed by atoms with van der Waals surface area (Å²) in [7, 11) is 1.66. The molecule has 1 aliphatic carbocycles. The number of nitrogens with zero attached hydrogens (tertiary/aromatic N) is 1. The lowest BCUT2D eigenvalue weighted by atomic mass is 9.69. The van der Waals surface area contributed by atoms with Crippen LogP contribution in [0.2, 0.25) is 0 Å². The molecule has 0 aliphatic heterocycles. The van der Waals surface area contributed by atoms with E-state index in [1.54, 1.807) is 13.3 Å². The van der Waals surface area contributed by atoms with Gasteiger partial charge in [-0.3, -0.25) is 4.98 Å². The number of pyridine rings is 1. The van der Waals surface area contributed by atoms with Gasteiger partial charge in [-0.25, -0.2) is 0 Å². The van der Waals surface area contributed by atoms with Crippen molar-refractivity contribution in [3.8, 4) is 5.75 Å². The van der Waals surface area contributed by atoms with Gasteiger partial charge in [-0.05, 0) is 29.9 Å². The van der Waals surface area contributed by atoms with Crippen molar-refractivity contribution in [3.05, 3.63) is 24.0 Å². The molecule has 3 heteroatoms. The predicted molar refractivity (Wildman–Crippen MR) is 68.9 cm³/mol. The summed E-state index contributed by atoms with van der Waals surface area (Å²) >= 11 is 0. The van der Waals surface area contributed by atoms with Crippen LogP contribution in [0.3, 0.4) is 0 Å². The lowest BCUT2D eigenvalue weighted by Crippen LogP contribution is -2.33. The molecule has 1 fully saturated rings. The van der Waals surface area contributed by atoms with Gasteiger partial charge in [0.25, 0.3) is 0 Å². The average Bonchev–Trinajstić information content (AvgIpc) is 2.39. The molecular weight excluding hydrogens is 212 g/mol. The highest BCUT2D eigenvalue weighted by Gasteiger charge is 2.34. The first-order chi connectivity index (χ1) is 8.15. The highest BCUT2D eigenvalue weighted by molar-refractivity contribution is 5.27. The van der Waals surface area contributed by atoms with Gasteiger partial charge in [0.1, 0.15) is 5.75 Å². The zero-order valence-corrected chi connectivity index (χ0v) is 10.8. The summed E-state index contributed by atoms with van der Waals surface area (Å²) in [6, 6.07) is 2.07. The Morgan fingerprint density at radius 1 is 1.29 bits per heavy atom. The number of hydrogen-bond acceptors (Lipinski definition) is 3. The van der Waals surface area contributed by atoms with Crippen molar-refractivity contribution in [1.29, 1.82) is 0 Å². The Labute approximate surface area is 103 Å². The van der Waals surface area contributed by atoms with E-state index in [4.69, 9.17) is 10.5 Å². The normalized spacial score (nSPS) is 20.9. The third kappa shape index (κ3) is 2.60. The molecule has 1 aromatic heterocycles.